The van der Waals surface area contributed by atoms with Crippen molar-refractivity contribution in [1.82, 2.24) is 25.9 Å². The molecule has 2 aromatic carbocycles. The fourth-order valence-electron chi connectivity index (χ4n) is 4.76. The molecule has 2 aromatic heterocycles. The van der Waals surface area contributed by atoms with Crippen LogP contribution in [0.2, 0.25) is 0 Å². The minimum absolute atomic E-state index is 0.0922. The van der Waals surface area contributed by atoms with Gasteiger partial charge in [0.05, 0.1) is 6.04 Å². The molecule has 0 aliphatic carbocycles. The summed E-state index contributed by atoms with van der Waals surface area (Å²) in [5, 5.41) is 19.2. The Bertz CT molecular complexity index is 1570. The van der Waals surface area contributed by atoms with Crippen LogP contribution in [0, 0.1) is 0 Å². The number of carboxylic acids is 1. The first kappa shape index (κ1) is 30.7. The van der Waals surface area contributed by atoms with E-state index in [9.17, 15) is 24.3 Å². The average Bonchev–Trinajstić information content (AvgIpc) is 3.59. The Labute approximate surface area is 247 Å². The lowest BCUT2D eigenvalue weighted by Gasteiger charge is -2.25. The Balaban J connectivity index is 1.61. The fourth-order valence-corrected chi connectivity index (χ4v) is 5.25. The Morgan fingerprint density at radius 2 is 1.29 bits per heavy atom. The third-order valence-electron chi connectivity index (χ3n) is 7.16. The normalized spacial score (nSPS) is 14.2. The molecule has 222 valence electrons. The van der Waals surface area contributed by atoms with Crippen LogP contribution in [0.25, 0.3) is 21.8 Å². The predicted octanol–water partition coefficient (Wildman–Crippen LogP) is 2.07. The molecule has 8 N–H and O–H groups in total. The average molecular weight is 593 g/mol. The summed E-state index contributed by atoms with van der Waals surface area (Å²) in [7, 11) is 0. The van der Waals surface area contributed by atoms with Gasteiger partial charge in [0, 0.05) is 47.0 Å². The van der Waals surface area contributed by atoms with Gasteiger partial charge in [-0.1, -0.05) is 36.4 Å². The van der Waals surface area contributed by atoms with Gasteiger partial charge in [0.15, 0.2) is 0 Å². The van der Waals surface area contributed by atoms with Gasteiger partial charge in [-0.2, -0.15) is 11.8 Å². The van der Waals surface area contributed by atoms with E-state index in [1.54, 1.807) is 24.2 Å². The van der Waals surface area contributed by atoms with Crippen molar-refractivity contribution < 1.29 is 24.3 Å². The quantitative estimate of drug-likeness (QED) is 0.117. The number of aromatic amines is 2. The molecule has 4 aromatic rings. The minimum Gasteiger partial charge on any atom is -0.480 e. The minimum atomic E-state index is -1.20. The molecular weight excluding hydrogens is 556 g/mol. The number of thioether (sulfide) groups is 1. The van der Waals surface area contributed by atoms with Crippen molar-refractivity contribution in [2.45, 2.75) is 50.4 Å². The maximum absolute atomic E-state index is 13.8. The largest absolute Gasteiger partial charge is 0.480 e. The number of para-hydroxylation sites is 2. The summed E-state index contributed by atoms with van der Waals surface area (Å²) < 4.78 is 0. The number of benzene rings is 2. The summed E-state index contributed by atoms with van der Waals surface area (Å²) in [6.45, 7) is 1.35. The van der Waals surface area contributed by atoms with Crippen molar-refractivity contribution in [2.75, 3.05) is 12.0 Å². The van der Waals surface area contributed by atoms with E-state index >= 15 is 0 Å². The number of rotatable bonds is 14. The molecule has 42 heavy (non-hydrogen) atoms. The van der Waals surface area contributed by atoms with Crippen LogP contribution in [0.5, 0.6) is 0 Å². The summed E-state index contributed by atoms with van der Waals surface area (Å²) in [4.78, 5) is 57.9. The van der Waals surface area contributed by atoms with E-state index < -0.39 is 47.9 Å². The van der Waals surface area contributed by atoms with Crippen molar-refractivity contribution in [3.05, 3.63) is 72.1 Å². The lowest BCUT2D eigenvalue weighted by molar-refractivity contribution is -0.141. The van der Waals surface area contributed by atoms with Crippen LogP contribution < -0.4 is 21.7 Å². The monoisotopic (exact) mass is 592 g/mol. The van der Waals surface area contributed by atoms with E-state index in [-0.39, 0.29) is 12.8 Å². The van der Waals surface area contributed by atoms with Crippen molar-refractivity contribution >= 4 is 57.3 Å². The molecule has 0 aliphatic rings. The summed E-state index contributed by atoms with van der Waals surface area (Å²) in [5.74, 6) is -2.24. The van der Waals surface area contributed by atoms with Crippen LogP contribution in [0.3, 0.4) is 0 Å². The van der Waals surface area contributed by atoms with E-state index in [0.717, 1.165) is 32.9 Å². The first-order valence-corrected chi connectivity index (χ1v) is 15.1. The molecule has 0 bridgehead atoms. The van der Waals surface area contributed by atoms with Crippen molar-refractivity contribution in [1.29, 1.82) is 0 Å². The number of fused-ring (bicyclic) bond motifs is 2. The third-order valence-corrected chi connectivity index (χ3v) is 7.81. The molecule has 4 rings (SSSR count). The number of carboxylic acid groups (broad SMARTS) is 1. The molecule has 2 heterocycles. The number of amides is 3. The summed E-state index contributed by atoms with van der Waals surface area (Å²) >= 11 is 1.57. The van der Waals surface area contributed by atoms with Crippen molar-refractivity contribution in [3.63, 3.8) is 0 Å². The van der Waals surface area contributed by atoms with Crippen molar-refractivity contribution in [2.24, 2.45) is 5.73 Å². The number of nitrogens with two attached hydrogens (primary N) is 1. The Kier molecular flexibility index (Phi) is 10.3. The van der Waals surface area contributed by atoms with Gasteiger partial charge in [-0.3, -0.25) is 19.2 Å². The van der Waals surface area contributed by atoms with Gasteiger partial charge in [-0.05, 0) is 48.6 Å². The van der Waals surface area contributed by atoms with Crippen LogP contribution in [0.15, 0.2) is 60.9 Å². The molecule has 4 atom stereocenters. The molecule has 3 amide bonds. The van der Waals surface area contributed by atoms with E-state index in [0.29, 0.717) is 12.2 Å². The maximum Gasteiger partial charge on any atom is 0.325 e. The van der Waals surface area contributed by atoms with Gasteiger partial charge in [0.1, 0.15) is 18.1 Å². The van der Waals surface area contributed by atoms with E-state index in [1.165, 1.54) is 6.92 Å². The molecular formula is C30H36N6O5S. The number of nitrogens with one attached hydrogen (secondary N) is 5. The zero-order valence-corrected chi connectivity index (χ0v) is 24.3. The highest BCUT2D eigenvalue weighted by Crippen LogP contribution is 2.21. The SMILES string of the molecule is CSCCC(N)C(=O)NC(Cc1c[nH]c2ccccc12)C(=O)NC(Cc1c[nH]c2ccccc12)C(=O)NC(C)C(=O)O. The van der Waals surface area contributed by atoms with Gasteiger partial charge in [-0.15, -0.1) is 0 Å². The molecule has 4 unspecified atom stereocenters. The van der Waals surface area contributed by atoms with E-state index in [4.69, 9.17) is 5.73 Å². The number of hydrogen-bond donors (Lipinski definition) is 7. The zero-order valence-electron chi connectivity index (χ0n) is 23.5. The Morgan fingerprint density at radius 3 is 1.79 bits per heavy atom. The number of aromatic nitrogens is 2. The van der Waals surface area contributed by atoms with Crippen LogP contribution in [-0.2, 0) is 32.0 Å². The molecule has 0 spiro atoms. The lowest BCUT2D eigenvalue weighted by atomic mass is 10.0. The highest BCUT2D eigenvalue weighted by Gasteiger charge is 2.30. The summed E-state index contributed by atoms with van der Waals surface area (Å²) in [5.41, 5.74) is 9.43. The standard InChI is InChI=1S/C30H36N6O5S/c1-17(30(40)41)34-28(38)25(13-18-15-32-23-9-5-3-7-20(18)23)36-29(39)26(35-27(37)22(31)11-12-42-2)14-19-16-33-24-10-6-4-8-21(19)24/h3-10,15-17,22,25-26,32-33H,11-14,31H2,1-2H3,(H,34,38)(H,35,37)(H,36,39)(H,40,41). The third kappa shape index (κ3) is 7.51. The van der Waals surface area contributed by atoms with Crippen LogP contribution in [-0.4, -0.2) is 74.9 Å². The summed E-state index contributed by atoms with van der Waals surface area (Å²) in [6.07, 6.45) is 6.14. The van der Waals surface area contributed by atoms with Crippen LogP contribution in [0.1, 0.15) is 24.5 Å². The maximum atomic E-state index is 13.8. The van der Waals surface area contributed by atoms with Crippen LogP contribution >= 0.6 is 11.8 Å². The molecule has 0 radical (unpaired) electrons. The molecule has 0 fully saturated rings. The van der Waals surface area contributed by atoms with Gasteiger partial charge in [0.2, 0.25) is 17.7 Å². The van der Waals surface area contributed by atoms with Gasteiger partial charge >= 0.3 is 5.97 Å². The topological polar surface area (TPSA) is 182 Å². The second-order valence-electron chi connectivity index (χ2n) is 10.2. The van der Waals surface area contributed by atoms with E-state index in [1.807, 2.05) is 54.8 Å². The Morgan fingerprint density at radius 1 is 0.810 bits per heavy atom. The first-order chi connectivity index (χ1) is 20.2. The van der Waals surface area contributed by atoms with Crippen molar-refractivity contribution in [3.8, 4) is 0 Å². The molecule has 12 heteroatoms. The van der Waals surface area contributed by atoms with Gasteiger partial charge in [0.25, 0.3) is 0 Å². The fraction of sp³-hybridized carbons (Fsp3) is 0.333. The number of carbonyl (C=O) groups is 4. The molecule has 0 saturated heterocycles. The van der Waals surface area contributed by atoms with E-state index in [2.05, 4.69) is 25.9 Å². The van der Waals surface area contributed by atoms with Crippen LogP contribution in [0.4, 0.5) is 0 Å². The first-order valence-electron chi connectivity index (χ1n) is 13.7. The second kappa shape index (κ2) is 14.1. The molecule has 11 nitrogen and oxygen atoms in total. The Hall–Kier alpha value is -4.29. The number of aliphatic carboxylic acids is 1. The molecule has 0 saturated carbocycles. The molecule has 0 aliphatic heterocycles. The highest BCUT2D eigenvalue weighted by molar-refractivity contribution is 7.98. The summed E-state index contributed by atoms with van der Waals surface area (Å²) in [6, 6.07) is 11.0. The zero-order chi connectivity index (χ0) is 30.2. The second-order valence-corrected chi connectivity index (χ2v) is 11.2. The van der Waals surface area contributed by atoms with Gasteiger partial charge in [-0.25, -0.2) is 0 Å². The number of carbonyl (C=O) groups excluding carboxylic acids is 3. The number of H-pyrrole nitrogens is 2. The van der Waals surface area contributed by atoms with Gasteiger partial charge < -0.3 is 36.8 Å². The highest BCUT2D eigenvalue weighted by atomic mass is 32.2. The smallest absolute Gasteiger partial charge is 0.325 e. The lowest BCUT2D eigenvalue weighted by Crippen LogP contribution is -2.58. The number of hydrogen-bond acceptors (Lipinski definition) is 6. The predicted molar refractivity (Wildman–Crippen MR) is 164 cm³/mol.